The monoisotopic (exact) mass is 346 g/mol. The Hall–Kier alpha value is 0.540. The van der Waals surface area contributed by atoms with Crippen molar-refractivity contribution in [1.29, 1.82) is 0 Å². The Bertz CT molecular complexity index is 141. The Kier molecular flexibility index (Phi) is 9.05. The molecule has 0 aromatic heterocycles. The van der Waals surface area contributed by atoms with E-state index in [1.807, 2.05) is 18.2 Å². The van der Waals surface area contributed by atoms with Crippen LogP contribution in [0.5, 0.6) is 0 Å². The standard InChI is InChI=1S/C6H5.Au.2ClH/c1-2-4-6-5-3-1;;;/h1-5H;;2*1H. The van der Waals surface area contributed by atoms with Crippen molar-refractivity contribution in [3.8, 4) is 0 Å². The Morgan fingerprint density at radius 3 is 1.56 bits per heavy atom. The Labute approximate surface area is 79.8 Å². The number of rotatable bonds is 0. The third-order valence-corrected chi connectivity index (χ3v) is 1.43. The van der Waals surface area contributed by atoms with Crippen LogP contribution >= 0.6 is 24.8 Å². The van der Waals surface area contributed by atoms with Gasteiger partial charge in [-0.3, -0.25) is 0 Å². The van der Waals surface area contributed by atoms with Gasteiger partial charge in [0.05, 0.1) is 0 Å². The van der Waals surface area contributed by atoms with Gasteiger partial charge in [-0.05, 0) is 0 Å². The molecule has 0 saturated carbocycles. The first-order chi connectivity index (χ1) is 3.39. The quantitative estimate of drug-likeness (QED) is 0.627. The molecule has 0 spiro atoms. The van der Waals surface area contributed by atoms with E-state index in [1.54, 1.807) is 0 Å². The van der Waals surface area contributed by atoms with Crippen LogP contribution < -0.4 is 3.78 Å². The van der Waals surface area contributed by atoms with E-state index < -0.39 is 0 Å². The second-order valence-corrected chi connectivity index (χ2v) is 2.50. The summed E-state index contributed by atoms with van der Waals surface area (Å²) in [5.74, 6) is 0. The van der Waals surface area contributed by atoms with Crippen LogP contribution in [0.3, 0.4) is 0 Å². The first-order valence-electron chi connectivity index (χ1n) is 2.06. The van der Waals surface area contributed by atoms with Crippen LogP contribution in [-0.4, -0.2) is 0 Å². The summed E-state index contributed by atoms with van der Waals surface area (Å²) in [7, 11) is 0. The van der Waals surface area contributed by atoms with Gasteiger partial charge in [0.1, 0.15) is 0 Å². The second-order valence-electron chi connectivity index (χ2n) is 1.25. The van der Waals surface area contributed by atoms with Gasteiger partial charge in [-0.1, -0.05) is 0 Å². The fourth-order valence-corrected chi connectivity index (χ4v) is 0.817. The average Bonchev–Trinajstić information content (AvgIpc) is 1.69. The topological polar surface area (TPSA) is 0 Å². The molecule has 0 aliphatic carbocycles. The van der Waals surface area contributed by atoms with E-state index >= 15 is 0 Å². The van der Waals surface area contributed by atoms with Crippen molar-refractivity contribution >= 4 is 28.6 Å². The number of hydrogen-bond acceptors (Lipinski definition) is 0. The number of hydrogen-bond donors (Lipinski definition) is 0. The molecule has 0 atom stereocenters. The molecule has 0 unspecified atom stereocenters. The van der Waals surface area contributed by atoms with Gasteiger partial charge in [0.15, 0.2) is 0 Å². The van der Waals surface area contributed by atoms with Crippen LogP contribution in [0.1, 0.15) is 0 Å². The molecule has 3 heteroatoms. The van der Waals surface area contributed by atoms with Gasteiger partial charge in [0, 0.05) is 0 Å². The molecule has 0 saturated heterocycles. The van der Waals surface area contributed by atoms with Crippen LogP contribution in [0.2, 0.25) is 0 Å². The van der Waals surface area contributed by atoms with Gasteiger partial charge < -0.3 is 0 Å². The Morgan fingerprint density at radius 2 is 1.33 bits per heavy atom. The fraction of sp³-hybridized carbons (Fsp3) is 0. The molecule has 1 rings (SSSR count). The van der Waals surface area contributed by atoms with Crippen molar-refractivity contribution in [2.45, 2.75) is 0 Å². The Balaban J connectivity index is 0. The van der Waals surface area contributed by atoms with Crippen molar-refractivity contribution in [3.63, 3.8) is 0 Å². The molecule has 9 heavy (non-hydrogen) atoms. The summed E-state index contributed by atoms with van der Waals surface area (Å²) in [4.78, 5) is 0. The van der Waals surface area contributed by atoms with Gasteiger partial charge in [0.2, 0.25) is 0 Å². The summed E-state index contributed by atoms with van der Waals surface area (Å²) in [6, 6.07) is 10.2. The zero-order chi connectivity index (χ0) is 5.11. The molecule has 0 amide bonds. The number of halogens is 2. The molecule has 0 heterocycles. The summed E-state index contributed by atoms with van der Waals surface area (Å²) >= 11 is 2.45. The van der Waals surface area contributed by atoms with E-state index in [-0.39, 0.29) is 24.8 Å². The maximum atomic E-state index is 2.45. The predicted molar refractivity (Wildman–Crippen MR) is 40.6 cm³/mol. The van der Waals surface area contributed by atoms with Crippen LogP contribution in [-0.2, 0) is 21.1 Å². The fourth-order valence-electron chi connectivity index (χ4n) is 0.400. The molecule has 0 nitrogen and oxygen atoms in total. The maximum absolute atomic E-state index is 2.45. The molecule has 0 fully saturated rings. The third kappa shape index (κ3) is 5.01. The minimum atomic E-state index is 0. The summed E-state index contributed by atoms with van der Waals surface area (Å²) in [6.07, 6.45) is 0. The summed E-state index contributed by atoms with van der Waals surface area (Å²) in [6.45, 7) is 0. The van der Waals surface area contributed by atoms with E-state index in [0.717, 1.165) is 0 Å². The summed E-state index contributed by atoms with van der Waals surface area (Å²) in [5, 5.41) is 0. The van der Waals surface area contributed by atoms with E-state index in [9.17, 15) is 0 Å². The molecular weight excluding hydrogens is 340 g/mol. The predicted octanol–water partition coefficient (Wildman–Crippen LogP) is 1.70. The zero-order valence-corrected chi connectivity index (χ0v) is 8.30. The van der Waals surface area contributed by atoms with Crippen LogP contribution in [0.4, 0.5) is 0 Å². The first-order valence-corrected chi connectivity index (χ1v) is 3.14. The SMILES string of the molecule is Cl.Cl.[Au][c]1ccccc1. The van der Waals surface area contributed by atoms with Crippen molar-refractivity contribution in [1.82, 2.24) is 0 Å². The van der Waals surface area contributed by atoms with Gasteiger partial charge >= 0.3 is 55.2 Å². The second kappa shape index (κ2) is 6.66. The van der Waals surface area contributed by atoms with E-state index in [4.69, 9.17) is 0 Å². The van der Waals surface area contributed by atoms with Gasteiger partial charge in [-0.15, -0.1) is 24.8 Å². The third-order valence-electron chi connectivity index (χ3n) is 0.708. The normalized spacial score (nSPS) is 6.89. The van der Waals surface area contributed by atoms with E-state index in [1.165, 1.54) is 3.78 Å². The van der Waals surface area contributed by atoms with E-state index in [2.05, 4.69) is 33.2 Å². The first kappa shape index (κ1) is 12.2. The molecule has 0 bridgehead atoms. The molecule has 56 valence electrons. The van der Waals surface area contributed by atoms with Crippen LogP contribution in [0, 0.1) is 0 Å². The van der Waals surface area contributed by atoms with Gasteiger partial charge in [-0.25, -0.2) is 0 Å². The zero-order valence-electron chi connectivity index (χ0n) is 4.50. The van der Waals surface area contributed by atoms with Gasteiger partial charge in [0.25, 0.3) is 0 Å². The van der Waals surface area contributed by atoms with Crippen molar-refractivity contribution in [2.75, 3.05) is 0 Å². The summed E-state index contributed by atoms with van der Waals surface area (Å²) in [5.41, 5.74) is 0. The molecule has 0 aliphatic heterocycles. The number of benzene rings is 1. The van der Waals surface area contributed by atoms with Crippen molar-refractivity contribution < 1.29 is 21.1 Å². The van der Waals surface area contributed by atoms with Crippen molar-refractivity contribution in [2.24, 2.45) is 0 Å². The molecule has 1 aromatic carbocycles. The minimum absolute atomic E-state index is 0. The average molecular weight is 347 g/mol. The van der Waals surface area contributed by atoms with Crippen LogP contribution in [0.25, 0.3) is 0 Å². The Morgan fingerprint density at radius 1 is 0.889 bits per heavy atom. The molecular formula is C6H7AuCl2. The molecule has 0 radical (unpaired) electrons. The van der Waals surface area contributed by atoms with Gasteiger partial charge in [-0.2, -0.15) is 0 Å². The molecule has 0 aliphatic rings. The van der Waals surface area contributed by atoms with E-state index in [0.29, 0.717) is 0 Å². The van der Waals surface area contributed by atoms with Crippen LogP contribution in [0.15, 0.2) is 30.3 Å². The summed E-state index contributed by atoms with van der Waals surface area (Å²) < 4.78 is 1.27. The van der Waals surface area contributed by atoms with Crippen molar-refractivity contribution in [3.05, 3.63) is 30.3 Å². The molecule has 1 aromatic rings. The molecule has 0 N–H and O–H groups in total.